The second-order valence-corrected chi connectivity index (χ2v) is 6.73. The first-order chi connectivity index (χ1) is 12.5. The van der Waals surface area contributed by atoms with Crippen molar-refractivity contribution in [1.82, 2.24) is 34.8 Å². The highest BCUT2D eigenvalue weighted by Gasteiger charge is 2.16. The van der Waals surface area contributed by atoms with E-state index in [1.165, 1.54) is 0 Å². The van der Waals surface area contributed by atoms with Gasteiger partial charge in [0.2, 0.25) is 0 Å². The SMILES string of the molecule is Cc1nn(Cc2noc(C(=O)NCCCn3ccnc3C)n2)c(C)c1Br. The van der Waals surface area contributed by atoms with E-state index in [9.17, 15) is 4.79 Å². The molecule has 0 aromatic carbocycles. The van der Waals surface area contributed by atoms with Crippen LogP contribution in [0.1, 0.15) is 40.1 Å². The normalized spacial score (nSPS) is 11.1. The molecule has 0 saturated heterocycles. The van der Waals surface area contributed by atoms with Crippen molar-refractivity contribution in [2.75, 3.05) is 6.54 Å². The topological polar surface area (TPSA) is 104 Å². The van der Waals surface area contributed by atoms with Gasteiger partial charge >= 0.3 is 11.8 Å². The van der Waals surface area contributed by atoms with Crippen molar-refractivity contribution >= 4 is 21.8 Å². The molecule has 1 N–H and O–H groups in total. The number of imidazole rings is 1. The summed E-state index contributed by atoms with van der Waals surface area (Å²) in [7, 11) is 0. The summed E-state index contributed by atoms with van der Waals surface area (Å²) < 4.78 is 9.80. The maximum Gasteiger partial charge on any atom is 0.316 e. The molecule has 0 unspecified atom stereocenters. The van der Waals surface area contributed by atoms with Crippen LogP contribution >= 0.6 is 15.9 Å². The Balaban J connectivity index is 1.51. The Morgan fingerprint density at radius 3 is 2.81 bits per heavy atom. The van der Waals surface area contributed by atoms with Gasteiger partial charge in [-0.3, -0.25) is 9.48 Å². The fraction of sp³-hybridized carbons (Fsp3) is 0.438. The molecule has 3 aromatic heterocycles. The molecule has 0 aliphatic heterocycles. The fourth-order valence-electron chi connectivity index (χ4n) is 2.54. The zero-order valence-corrected chi connectivity index (χ0v) is 16.4. The third-order valence-corrected chi connectivity index (χ3v) is 5.18. The summed E-state index contributed by atoms with van der Waals surface area (Å²) in [5.74, 6) is 0.941. The van der Waals surface area contributed by atoms with E-state index in [1.807, 2.05) is 31.5 Å². The van der Waals surface area contributed by atoms with E-state index in [0.29, 0.717) is 18.9 Å². The molecule has 0 aliphatic rings. The molecule has 0 fully saturated rings. The molecule has 26 heavy (non-hydrogen) atoms. The summed E-state index contributed by atoms with van der Waals surface area (Å²) in [5.41, 5.74) is 1.85. The van der Waals surface area contributed by atoms with Crippen LogP contribution in [0, 0.1) is 20.8 Å². The van der Waals surface area contributed by atoms with E-state index in [-0.39, 0.29) is 11.8 Å². The number of amides is 1. The minimum Gasteiger partial charge on any atom is -0.348 e. The predicted octanol–water partition coefficient (Wildman–Crippen LogP) is 2.02. The zero-order valence-electron chi connectivity index (χ0n) is 14.9. The molecule has 3 heterocycles. The highest BCUT2D eigenvalue weighted by atomic mass is 79.9. The molecule has 3 rings (SSSR count). The lowest BCUT2D eigenvalue weighted by molar-refractivity contribution is 0.0909. The molecule has 9 nitrogen and oxygen atoms in total. The minimum absolute atomic E-state index is 0.0422. The van der Waals surface area contributed by atoms with Gasteiger partial charge in [-0.05, 0) is 43.1 Å². The summed E-state index contributed by atoms with van der Waals surface area (Å²) >= 11 is 3.48. The molecule has 1 amide bonds. The molecule has 0 aliphatic carbocycles. The maximum atomic E-state index is 12.1. The smallest absolute Gasteiger partial charge is 0.316 e. The summed E-state index contributed by atoms with van der Waals surface area (Å²) in [4.78, 5) is 20.4. The maximum absolute atomic E-state index is 12.1. The Morgan fingerprint density at radius 1 is 1.35 bits per heavy atom. The number of aryl methyl sites for hydroxylation is 3. The van der Waals surface area contributed by atoms with Gasteiger partial charge in [0.05, 0.1) is 15.9 Å². The van der Waals surface area contributed by atoms with E-state index < -0.39 is 0 Å². The molecule has 0 saturated carbocycles. The summed E-state index contributed by atoms with van der Waals surface area (Å²) in [6, 6.07) is 0. The number of aromatic nitrogens is 6. The Kier molecular flexibility index (Phi) is 5.50. The third-order valence-electron chi connectivity index (χ3n) is 4.03. The van der Waals surface area contributed by atoms with Gasteiger partial charge in [0.1, 0.15) is 12.4 Å². The molecule has 10 heteroatoms. The number of rotatable bonds is 7. The van der Waals surface area contributed by atoms with Crippen molar-refractivity contribution in [3.05, 3.63) is 45.8 Å². The van der Waals surface area contributed by atoms with Gasteiger partial charge in [0.15, 0.2) is 5.82 Å². The molecule has 138 valence electrons. The summed E-state index contributed by atoms with van der Waals surface area (Å²) in [5, 5.41) is 11.0. The first-order valence-electron chi connectivity index (χ1n) is 8.23. The lowest BCUT2D eigenvalue weighted by Gasteiger charge is -2.05. The van der Waals surface area contributed by atoms with Crippen molar-refractivity contribution < 1.29 is 9.32 Å². The standard InChI is InChI=1S/C16H20BrN7O2/c1-10-14(17)11(2)24(21-10)9-13-20-16(26-22-13)15(25)19-5-4-7-23-8-6-18-12(23)3/h6,8H,4-5,7,9H2,1-3H3,(H,19,25). The van der Waals surface area contributed by atoms with Crippen LogP contribution in [0.2, 0.25) is 0 Å². The molecule has 0 spiro atoms. The molecule has 3 aromatic rings. The van der Waals surface area contributed by atoms with Crippen LogP contribution in [0.4, 0.5) is 0 Å². The second kappa shape index (κ2) is 7.81. The van der Waals surface area contributed by atoms with Gasteiger partial charge in [-0.25, -0.2) is 4.98 Å². The van der Waals surface area contributed by atoms with Gasteiger partial charge in [0.25, 0.3) is 0 Å². The Labute approximate surface area is 158 Å². The highest BCUT2D eigenvalue weighted by Crippen LogP contribution is 2.20. The van der Waals surface area contributed by atoms with Crippen molar-refractivity contribution in [3.8, 4) is 0 Å². The van der Waals surface area contributed by atoms with Gasteiger partial charge in [-0.15, -0.1) is 0 Å². The lowest BCUT2D eigenvalue weighted by atomic mass is 10.4. The van der Waals surface area contributed by atoms with E-state index >= 15 is 0 Å². The molecule has 0 bridgehead atoms. The number of nitrogens with zero attached hydrogens (tertiary/aromatic N) is 6. The van der Waals surface area contributed by atoms with Crippen molar-refractivity contribution in [2.24, 2.45) is 0 Å². The molecule has 0 atom stereocenters. The number of carbonyl (C=O) groups excluding carboxylic acids is 1. The number of hydrogen-bond acceptors (Lipinski definition) is 6. The van der Waals surface area contributed by atoms with Crippen molar-refractivity contribution in [2.45, 2.75) is 40.3 Å². The average Bonchev–Trinajstić information content (AvgIpc) is 3.30. The van der Waals surface area contributed by atoms with Crippen LogP contribution in [0.3, 0.4) is 0 Å². The number of halogens is 1. The van der Waals surface area contributed by atoms with E-state index in [2.05, 4.69) is 41.5 Å². The monoisotopic (exact) mass is 421 g/mol. The molecule has 0 radical (unpaired) electrons. The quantitative estimate of drug-likeness (QED) is 0.585. The van der Waals surface area contributed by atoms with Crippen LogP contribution in [-0.2, 0) is 13.1 Å². The molecular weight excluding hydrogens is 402 g/mol. The zero-order chi connectivity index (χ0) is 18.7. The third kappa shape index (κ3) is 4.01. The predicted molar refractivity (Wildman–Crippen MR) is 96.7 cm³/mol. The van der Waals surface area contributed by atoms with Crippen LogP contribution in [0.25, 0.3) is 0 Å². The highest BCUT2D eigenvalue weighted by molar-refractivity contribution is 9.10. The van der Waals surface area contributed by atoms with Gasteiger partial charge in [-0.1, -0.05) is 5.16 Å². The molecular formula is C16H20BrN7O2. The Hall–Kier alpha value is -2.49. The van der Waals surface area contributed by atoms with Crippen LogP contribution < -0.4 is 5.32 Å². The van der Waals surface area contributed by atoms with Crippen molar-refractivity contribution in [1.29, 1.82) is 0 Å². The number of hydrogen-bond donors (Lipinski definition) is 1. The van der Waals surface area contributed by atoms with Gasteiger partial charge < -0.3 is 14.4 Å². The van der Waals surface area contributed by atoms with E-state index in [0.717, 1.165) is 34.7 Å². The van der Waals surface area contributed by atoms with Gasteiger partial charge in [0, 0.05) is 25.5 Å². The summed E-state index contributed by atoms with van der Waals surface area (Å²) in [6.07, 6.45) is 4.46. The number of carbonyl (C=O) groups is 1. The van der Waals surface area contributed by atoms with Crippen LogP contribution in [0.5, 0.6) is 0 Å². The van der Waals surface area contributed by atoms with Crippen LogP contribution in [0.15, 0.2) is 21.4 Å². The number of nitrogens with one attached hydrogen (secondary N) is 1. The van der Waals surface area contributed by atoms with E-state index in [4.69, 9.17) is 4.52 Å². The van der Waals surface area contributed by atoms with Crippen molar-refractivity contribution in [3.63, 3.8) is 0 Å². The minimum atomic E-state index is -0.374. The fourth-order valence-corrected chi connectivity index (χ4v) is 2.82. The van der Waals surface area contributed by atoms with Gasteiger partial charge in [-0.2, -0.15) is 10.1 Å². The first kappa shape index (κ1) is 18.3. The van der Waals surface area contributed by atoms with Crippen LogP contribution in [-0.4, -0.2) is 41.9 Å². The first-order valence-corrected chi connectivity index (χ1v) is 9.03. The largest absolute Gasteiger partial charge is 0.348 e. The van der Waals surface area contributed by atoms with E-state index in [1.54, 1.807) is 10.9 Å². The Morgan fingerprint density at radius 2 is 2.15 bits per heavy atom. The second-order valence-electron chi connectivity index (χ2n) is 5.94. The average molecular weight is 422 g/mol. The lowest BCUT2D eigenvalue weighted by Crippen LogP contribution is -2.25. The Bertz CT molecular complexity index is 912. The summed E-state index contributed by atoms with van der Waals surface area (Å²) in [6.45, 7) is 7.44.